The summed E-state index contributed by atoms with van der Waals surface area (Å²) in [5.74, 6) is 2.35. The van der Waals surface area contributed by atoms with Crippen molar-refractivity contribution < 1.29 is 0 Å². The third-order valence-electron chi connectivity index (χ3n) is 19.1. The molecule has 0 aliphatic heterocycles. The average Bonchev–Trinajstić information content (AvgIpc) is 4.06. The Kier molecular flexibility index (Phi) is 10.4. The van der Waals surface area contributed by atoms with Crippen molar-refractivity contribution in [2.75, 3.05) is 9.80 Å². The van der Waals surface area contributed by atoms with Gasteiger partial charge in [0.2, 0.25) is 0 Å². The van der Waals surface area contributed by atoms with Crippen molar-refractivity contribution in [3.05, 3.63) is 300 Å². The van der Waals surface area contributed by atoms with E-state index in [1.54, 1.807) is 0 Å². The Labute approximate surface area is 465 Å². The van der Waals surface area contributed by atoms with E-state index in [4.69, 9.17) is 0 Å². The Morgan fingerprint density at radius 1 is 0.316 bits per heavy atom. The molecular formula is C77H60N2. The predicted molar refractivity (Wildman–Crippen MR) is 329 cm³/mol. The summed E-state index contributed by atoms with van der Waals surface area (Å²) in [6.45, 7) is 4.76. The van der Waals surface area contributed by atoms with Crippen LogP contribution in [0.4, 0.5) is 34.1 Å². The Morgan fingerprint density at radius 2 is 0.747 bits per heavy atom. The van der Waals surface area contributed by atoms with Gasteiger partial charge >= 0.3 is 0 Å². The largest absolute Gasteiger partial charge is 0.310 e. The molecule has 2 bridgehead atoms. The molecule has 5 aliphatic rings. The molecule has 0 heterocycles. The fourth-order valence-electron chi connectivity index (χ4n) is 15.6. The summed E-state index contributed by atoms with van der Waals surface area (Å²) >= 11 is 0. The minimum absolute atomic E-state index is 0.101. The van der Waals surface area contributed by atoms with E-state index < -0.39 is 5.41 Å². The molecule has 4 unspecified atom stereocenters. The minimum atomic E-state index is -0.624. The summed E-state index contributed by atoms with van der Waals surface area (Å²) in [6.07, 6.45) is 5.50. The Bertz CT molecular complexity index is 4140. The molecule has 378 valence electrons. The summed E-state index contributed by atoms with van der Waals surface area (Å²) in [4.78, 5) is 5.01. The molecule has 4 atom stereocenters. The highest BCUT2D eigenvalue weighted by molar-refractivity contribution is 6.03. The fourth-order valence-corrected chi connectivity index (χ4v) is 15.6. The smallest absolute Gasteiger partial charge is 0.0726 e. The van der Waals surface area contributed by atoms with Gasteiger partial charge in [-0.15, -0.1) is 0 Å². The van der Waals surface area contributed by atoms with E-state index >= 15 is 0 Å². The number of hydrogen-bond acceptors (Lipinski definition) is 2. The van der Waals surface area contributed by atoms with Crippen LogP contribution in [0.5, 0.6) is 0 Å². The molecule has 1 spiro atoms. The second-order valence-electron chi connectivity index (χ2n) is 23.5. The zero-order valence-corrected chi connectivity index (χ0v) is 44.8. The normalized spacial score (nSPS) is 19.1. The van der Waals surface area contributed by atoms with Gasteiger partial charge in [-0.05, 0) is 193 Å². The Balaban J connectivity index is 0.979. The third kappa shape index (κ3) is 6.90. The van der Waals surface area contributed by atoms with Gasteiger partial charge < -0.3 is 9.80 Å². The second kappa shape index (κ2) is 17.8. The topological polar surface area (TPSA) is 6.48 Å². The lowest BCUT2D eigenvalue weighted by molar-refractivity contribution is 0.420. The van der Waals surface area contributed by atoms with Gasteiger partial charge in [-0.1, -0.05) is 208 Å². The van der Waals surface area contributed by atoms with E-state index in [0.29, 0.717) is 5.92 Å². The van der Waals surface area contributed by atoms with E-state index in [0.717, 1.165) is 40.3 Å². The van der Waals surface area contributed by atoms with Crippen molar-refractivity contribution in [2.24, 2.45) is 11.8 Å². The zero-order chi connectivity index (χ0) is 52.4. The maximum atomic E-state index is 2.63. The molecule has 79 heavy (non-hydrogen) atoms. The Morgan fingerprint density at radius 3 is 1.25 bits per heavy atom. The lowest BCUT2D eigenvalue weighted by Gasteiger charge is -2.34. The highest BCUT2D eigenvalue weighted by Crippen LogP contribution is 2.66. The number of benzene rings is 11. The molecule has 11 aromatic carbocycles. The third-order valence-corrected chi connectivity index (χ3v) is 19.1. The van der Waals surface area contributed by atoms with Crippen LogP contribution in [0.1, 0.15) is 84.4 Å². The highest BCUT2D eigenvalue weighted by atomic mass is 15.2. The molecule has 0 amide bonds. The van der Waals surface area contributed by atoms with Gasteiger partial charge in [0, 0.05) is 39.3 Å². The lowest BCUT2D eigenvalue weighted by Crippen LogP contribution is -2.26. The molecule has 2 fully saturated rings. The minimum Gasteiger partial charge on any atom is -0.310 e. The standard InChI is InChI=1S/C77H60N2/c1-76(2)68-32-18-15-29-59(68)65-45-58(41-42-69(65)76)79(57-27-13-6-14-28-57)75-49-67-61-31-17-20-34-71(61)77(73(67)47-64(75)53-39-37-52(38-40-53)62-44-50-35-36-54(62)43-50)70-33-19-16-30-60(70)66-48-74(63(46-72(66)77)51-21-7-3-8-22-51)78(55-23-9-4-10-24-55)56-25-11-5-12-26-56/h3-34,37-42,45-50,54,62H,35-36,43-44H2,1-2H3. The molecule has 0 N–H and O–H groups in total. The Hall–Kier alpha value is -8.98. The van der Waals surface area contributed by atoms with Crippen molar-refractivity contribution in [3.63, 3.8) is 0 Å². The summed E-state index contributed by atoms with van der Waals surface area (Å²) in [5, 5.41) is 0. The number of rotatable bonds is 9. The van der Waals surface area contributed by atoms with Gasteiger partial charge in [0.15, 0.2) is 0 Å². The summed E-state index contributed by atoms with van der Waals surface area (Å²) in [7, 11) is 0. The number of fused-ring (bicyclic) bond motifs is 15. The van der Waals surface area contributed by atoms with E-state index in [2.05, 4.69) is 285 Å². The predicted octanol–water partition coefficient (Wildman–Crippen LogP) is 20.5. The van der Waals surface area contributed by atoms with Crippen molar-refractivity contribution in [2.45, 2.75) is 56.3 Å². The number of hydrogen-bond donors (Lipinski definition) is 0. The molecule has 5 aliphatic carbocycles. The van der Waals surface area contributed by atoms with Crippen LogP contribution in [0.3, 0.4) is 0 Å². The molecule has 2 nitrogen and oxygen atoms in total. The number of para-hydroxylation sites is 3. The van der Waals surface area contributed by atoms with E-state index in [-0.39, 0.29) is 5.41 Å². The van der Waals surface area contributed by atoms with Crippen LogP contribution in [0.25, 0.3) is 55.6 Å². The first kappa shape index (κ1) is 46.1. The van der Waals surface area contributed by atoms with Crippen LogP contribution < -0.4 is 9.80 Å². The first-order chi connectivity index (χ1) is 38.9. The zero-order valence-electron chi connectivity index (χ0n) is 44.8. The van der Waals surface area contributed by atoms with Gasteiger partial charge in [-0.2, -0.15) is 0 Å². The molecule has 11 aromatic rings. The quantitative estimate of drug-likeness (QED) is 0.142. The van der Waals surface area contributed by atoms with E-state index in [9.17, 15) is 0 Å². The molecule has 0 aromatic heterocycles. The van der Waals surface area contributed by atoms with E-state index in [1.807, 2.05) is 0 Å². The summed E-state index contributed by atoms with van der Waals surface area (Å²) in [5.41, 5.74) is 28.2. The van der Waals surface area contributed by atoms with E-state index in [1.165, 1.54) is 126 Å². The molecule has 2 saturated carbocycles. The van der Waals surface area contributed by atoms with Crippen LogP contribution >= 0.6 is 0 Å². The highest BCUT2D eigenvalue weighted by Gasteiger charge is 2.53. The molecular weight excluding hydrogens is 953 g/mol. The maximum absolute atomic E-state index is 2.63. The first-order valence-corrected chi connectivity index (χ1v) is 28.7. The lowest BCUT2D eigenvalue weighted by atomic mass is 9.69. The summed E-state index contributed by atoms with van der Waals surface area (Å²) in [6, 6.07) is 99.0. The fraction of sp³-hybridized carbons (Fsp3) is 0.143. The van der Waals surface area contributed by atoms with Gasteiger partial charge in [0.05, 0.1) is 16.8 Å². The SMILES string of the molecule is CC1(C)c2ccccc2-c2cc(N(c3ccccc3)c3cc4c(cc3-c3ccc(C5CC6CCC5C6)cc3)C3(c5ccccc5-c5cc(N(c6ccccc6)c6ccccc6)c(-c6ccccc6)cc53)c3ccccc3-4)ccc21. The van der Waals surface area contributed by atoms with Crippen LogP contribution in [-0.2, 0) is 10.8 Å². The molecule has 2 heteroatoms. The number of nitrogens with zero attached hydrogens (tertiary/aromatic N) is 2. The van der Waals surface area contributed by atoms with Crippen molar-refractivity contribution in [3.8, 4) is 55.6 Å². The van der Waals surface area contributed by atoms with Crippen LogP contribution in [0.15, 0.2) is 261 Å². The number of anilines is 6. The maximum Gasteiger partial charge on any atom is 0.0726 e. The average molecular weight is 1010 g/mol. The monoisotopic (exact) mass is 1010 g/mol. The van der Waals surface area contributed by atoms with Crippen LogP contribution in [0.2, 0.25) is 0 Å². The van der Waals surface area contributed by atoms with Crippen LogP contribution in [0, 0.1) is 11.8 Å². The van der Waals surface area contributed by atoms with Crippen molar-refractivity contribution >= 4 is 34.1 Å². The second-order valence-corrected chi connectivity index (χ2v) is 23.5. The molecule has 0 radical (unpaired) electrons. The van der Waals surface area contributed by atoms with Crippen LogP contribution in [-0.4, -0.2) is 0 Å². The van der Waals surface area contributed by atoms with Gasteiger partial charge in [0.25, 0.3) is 0 Å². The van der Waals surface area contributed by atoms with Crippen molar-refractivity contribution in [1.82, 2.24) is 0 Å². The van der Waals surface area contributed by atoms with Gasteiger partial charge in [-0.3, -0.25) is 0 Å². The molecule has 16 rings (SSSR count). The van der Waals surface area contributed by atoms with Gasteiger partial charge in [0.1, 0.15) is 0 Å². The molecule has 0 saturated heterocycles. The first-order valence-electron chi connectivity index (χ1n) is 28.7. The summed E-state index contributed by atoms with van der Waals surface area (Å²) < 4.78 is 0. The van der Waals surface area contributed by atoms with Crippen molar-refractivity contribution in [1.29, 1.82) is 0 Å². The van der Waals surface area contributed by atoms with Gasteiger partial charge in [-0.25, -0.2) is 0 Å².